The van der Waals surface area contributed by atoms with Crippen LogP contribution in [0.3, 0.4) is 0 Å². The van der Waals surface area contributed by atoms with Crippen molar-refractivity contribution in [2.75, 3.05) is 26.7 Å². The lowest BCUT2D eigenvalue weighted by Gasteiger charge is -2.22. The molecule has 0 bridgehead atoms. The van der Waals surface area contributed by atoms with Crippen molar-refractivity contribution in [2.24, 2.45) is 12.0 Å². The summed E-state index contributed by atoms with van der Waals surface area (Å²) in [7, 11) is 3.65. The summed E-state index contributed by atoms with van der Waals surface area (Å²) in [6.07, 6.45) is 7.74. The van der Waals surface area contributed by atoms with Crippen molar-refractivity contribution >= 4 is 5.96 Å². The summed E-state index contributed by atoms with van der Waals surface area (Å²) in [6, 6.07) is 12.0. The monoisotopic (exact) mass is 407 g/mol. The molecule has 1 N–H and O–H groups in total. The van der Waals surface area contributed by atoms with Gasteiger partial charge in [0.2, 0.25) is 0 Å². The van der Waals surface area contributed by atoms with Gasteiger partial charge in [0.25, 0.3) is 0 Å². The second-order valence-corrected chi connectivity index (χ2v) is 7.62. The van der Waals surface area contributed by atoms with Crippen LogP contribution in [0.15, 0.2) is 64.5 Å². The number of benzene rings is 1. The molecule has 1 saturated heterocycles. The number of hydrogen-bond acceptors (Lipinski definition) is 4. The maximum atomic E-state index is 5.45. The molecule has 7 nitrogen and oxygen atoms in total. The minimum atomic E-state index is 0.483. The predicted molar refractivity (Wildman–Crippen MR) is 117 cm³/mol. The zero-order valence-electron chi connectivity index (χ0n) is 17.6. The molecule has 158 valence electrons. The second-order valence-electron chi connectivity index (χ2n) is 7.62. The summed E-state index contributed by atoms with van der Waals surface area (Å²) in [5, 5.41) is 7.87. The highest BCUT2D eigenvalue weighted by Crippen LogP contribution is 2.26. The van der Waals surface area contributed by atoms with Gasteiger partial charge in [-0.25, -0.2) is 4.99 Å². The summed E-state index contributed by atoms with van der Waals surface area (Å²) < 4.78 is 12.6. The van der Waals surface area contributed by atoms with E-state index in [1.165, 1.54) is 5.56 Å². The summed E-state index contributed by atoms with van der Waals surface area (Å²) in [5.41, 5.74) is 2.45. The van der Waals surface area contributed by atoms with Crippen LogP contribution in [0.1, 0.15) is 29.2 Å². The van der Waals surface area contributed by atoms with Gasteiger partial charge >= 0.3 is 0 Å². The molecule has 4 rings (SSSR count). The van der Waals surface area contributed by atoms with Crippen LogP contribution in [-0.2, 0) is 20.0 Å². The lowest BCUT2D eigenvalue weighted by Crippen LogP contribution is -2.41. The highest BCUT2D eigenvalue weighted by Gasteiger charge is 2.27. The molecule has 7 heteroatoms. The van der Waals surface area contributed by atoms with Crippen LogP contribution in [0.4, 0.5) is 0 Å². The predicted octanol–water partition coefficient (Wildman–Crippen LogP) is 3.20. The molecule has 1 aromatic carbocycles. The standard InChI is InChI=1S/C23H29N5O2/c1-27-16-20(15-26-27)19-10-12-28(17-19)23(24-11-9-22-4-3-13-30-22)25-14-18-5-7-21(29-2)8-6-18/h3-8,13,15-16,19H,9-12,14,17H2,1-2H3,(H,24,25). The van der Waals surface area contributed by atoms with Crippen LogP contribution in [-0.4, -0.2) is 47.4 Å². The third-order valence-corrected chi connectivity index (χ3v) is 5.49. The fraction of sp³-hybridized carbons (Fsp3) is 0.391. The molecule has 0 amide bonds. The number of aliphatic imine (C=N–C) groups is 1. The van der Waals surface area contributed by atoms with E-state index in [2.05, 4.69) is 33.6 Å². The van der Waals surface area contributed by atoms with Crippen LogP contribution in [0.2, 0.25) is 0 Å². The van der Waals surface area contributed by atoms with Crippen LogP contribution >= 0.6 is 0 Å². The number of rotatable bonds is 7. The normalized spacial score (nSPS) is 16.8. The van der Waals surface area contributed by atoms with E-state index in [4.69, 9.17) is 14.1 Å². The third-order valence-electron chi connectivity index (χ3n) is 5.49. The van der Waals surface area contributed by atoms with E-state index < -0.39 is 0 Å². The van der Waals surface area contributed by atoms with Gasteiger partial charge in [0.15, 0.2) is 5.96 Å². The topological polar surface area (TPSA) is 67.8 Å². The largest absolute Gasteiger partial charge is 0.497 e. The molecule has 1 unspecified atom stereocenters. The van der Waals surface area contributed by atoms with Gasteiger partial charge in [-0.15, -0.1) is 0 Å². The number of nitrogens with zero attached hydrogens (tertiary/aromatic N) is 4. The van der Waals surface area contributed by atoms with Gasteiger partial charge in [0.05, 0.1) is 26.1 Å². The van der Waals surface area contributed by atoms with Crippen molar-refractivity contribution in [2.45, 2.75) is 25.3 Å². The van der Waals surface area contributed by atoms with E-state index >= 15 is 0 Å². The van der Waals surface area contributed by atoms with Gasteiger partial charge in [-0.3, -0.25) is 4.68 Å². The van der Waals surface area contributed by atoms with Crippen molar-refractivity contribution < 1.29 is 9.15 Å². The van der Waals surface area contributed by atoms with Crippen molar-refractivity contribution in [3.63, 3.8) is 0 Å². The maximum Gasteiger partial charge on any atom is 0.194 e. The van der Waals surface area contributed by atoms with Gasteiger partial charge < -0.3 is 19.4 Å². The van der Waals surface area contributed by atoms with Crippen molar-refractivity contribution in [3.05, 3.63) is 71.9 Å². The average Bonchev–Trinajstić information content (AvgIpc) is 3.53. The lowest BCUT2D eigenvalue weighted by molar-refractivity contribution is 0.414. The number of ether oxygens (including phenoxy) is 1. The molecule has 3 heterocycles. The maximum absolute atomic E-state index is 5.45. The number of aryl methyl sites for hydroxylation is 1. The quantitative estimate of drug-likeness (QED) is 0.481. The lowest BCUT2D eigenvalue weighted by atomic mass is 10.0. The summed E-state index contributed by atoms with van der Waals surface area (Å²) in [6.45, 7) is 3.33. The first-order valence-corrected chi connectivity index (χ1v) is 10.4. The van der Waals surface area contributed by atoms with Crippen LogP contribution < -0.4 is 10.1 Å². The molecule has 0 radical (unpaired) electrons. The first kappa shape index (κ1) is 20.1. The first-order valence-electron chi connectivity index (χ1n) is 10.4. The van der Waals surface area contributed by atoms with Crippen molar-refractivity contribution in [3.8, 4) is 5.75 Å². The summed E-state index contributed by atoms with van der Waals surface area (Å²) >= 11 is 0. The Morgan fingerprint density at radius 3 is 2.87 bits per heavy atom. The highest BCUT2D eigenvalue weighted by atomic mass is 16.5. The number of furan rings is 1. The van der Waals surface area contributed by atoms with E-state index in [-0.39, 0.29) is 0 Å². The fourth-order valence-corrected chi connectivity index (χ4v) is 3.79. The number of hydrogen-bond donors (Lipinski definition) is 1. The number of nitrogens with one attached hydrogen (secondary N) is 1. The summed E-state index contributed by atoms with van der Waals surface area (Å²) in [4.78, 5) is 7.27. The SMILES string of the molecule is COc1ccc(CN=C(NCCc2ccco2)N2CCC(c3cnn(C)c3)C2)cc1. The van der Waals surface area contributed by atoms with Gasteiger partial charge in [0.1, 0.15) is 11.5 Å². The van der Waals surface area contributed by atoms with Crippen molar-refractivity contribution in [1.82, 2.24) is 20.0 Å². The molecule has 30 heavy (non-hydrogen) atoms. The molecule has 1 atom stereocenters. The van der Waals surface area contributed by atoms with Crippen LogP contribution in [0.25, 0.3) is 0 Å². The van der Waals surface area contributed by atoms with E-state index in [0.29, 0.717) is 12.5 Å². The zero-order chi connectivity index (χ0) is 20.8. The van der Waals surface area contributed by atoms with Gasteiger partial charge in [0, 0.05) is 45.2 Å². The minimum absolute atomic E-state index is 0.483. The molecule has 1 fully saturated rings. The van der Waals surface area contributed by atoms with E-state index in [0.717, 1.165) is 55.5 Å². The summed E-state index contributed by atoms with van der Waals surface area (Å²) in [5.74, 6) is 3.27. The van der Waals surface area contributed by atoms with Gasteiger partial charge in [-0.05, 0) is 41.8 Å². The fourth-order valence-electron chi connectivity index (χ4n) is 3.79. The molecular weight excluding hydrogens is 378 g/mol. The van der Waals surface area contributed by atoms with Crippen molar-refractivity contribution in [1.29, 1.82) is 0 Å². The van der Waals surface area contributed by atoms with E-state index in [9.17, 15) is 0 Å². The van der Waals surface area contributed by atoms with E-state index in [1.807, 2.05) is 42.2 Å². The highest BCUT2D eigenvalue weighted by molar-refractivity contribution is 5.80. The Kier molecular flexibility index (Phi) is 6.37. The molecule has 2 aromatic heterocycles. The molecule has 3 aromatic rings. The molecule has 0 aliphatic carbocycles. The van der Waals surface area contributed by atoms with Gasteiger partial charge in [-0.1, -0.05) is 12.1 Å². The Hall–Kier alpha value is -3.22. The Bertz CT molecular complexity index is 946. The molecule has 1 aliphatic heterocycles. The van der Waals surface area contributed by atoms with Gasteiger partial charge in [-0.2, -0.15) is 5.10 Å². The van der Waals surface area contributed by atoms with E-state index in [1.54, 1.807) is 13.4 Å². The first-order chi connectivity index (χ1) is 14.7. The Balaban J connectivity index is 1.43. The minimum Gasteiger partial charge on any atom is -0.497 e. The number of methoxy groups -OCH3 is 1. The average molecular weight is 408 g/mol. The molecule has 0 saturated carbocycles. The smallest absolute Gasteiger partial charge is 0.194 e. The zero-order valence-corrected chi connectivity index (χ0v) is 17.6. The molecule has 1 aliphatic rings. The van der Waals surface area contributed by atoms with Crippen LogP contribution in [0, 0.1) is 0 Å². The number of guanidine groups is 1. The third kappa shape index (κ3) is 5.03. The Labute approximate surface area is 177 Å². The molecular formula is C23H29N5O2. The van der Waals surface area contributed by atoms with Crippen LogP contribution in [0.5, 0.6) is 5.75 Å². The Morgan fingerprint density at radius 2 is 2.17 bits per heavy atom. The number of likely N-dealkylation sites (tertiary alicyclic amines) is 1. The second kappa shape index (κ2) is 9.52. The Morgan fingerprint density at radius 1 is 1.30 bits per heavy atom. The molecule has 0 spiro atoms. The number of aromatic nitrogens is 2.